The van der Waals surface area contributed by atoms with Crippen LogP contribution in [0.3, 0.4) is 0 Å². The molecule has 0 amide bonds. The molecule has 0 saturated carbocycles. The van der Waals surface area contributed by atoms with Gasteiger partial charge in [-0.05, 0) is 46.0 Å². The van der Waals surface area contributed by atoms with Gasteiger partial charge in [0.2, 0.25) is 0 Å². The number of hydrogen-bond donors (Lipinski definition) is 1. The van der Waals surface area contributed by atoms with Crippen LogP contribution in [0.15, 0.2) is 6.07 Å². The van der Waals surface area contributed by atoms with Gasteiger partial charge in [-0.1, -0.05) is 0 Å². The number of rotatable bonds is 2. The lowest BCUT2D eigenvalue weighted by atomic mass is 9.93. The van der Waals surface area contributed by atoms with Crippen LogP contribution in [-0.2, 0) is 7.05 Å². The van der Waals surface area contributed by atoms with E-state index in [0.29, 0.717) is 11.5 Å². The third-order valence-electron chi connectivity index (χ3n) is 3.94. The molecule has 1 fully saturated rings. The van der Waals surface area contributed by atoms with E-state index in [0.717, 1.165) is 31.6 Å². The molecule has 0 atom stereocenters. The molecule has 0 radical (unpaired) electrons. The van der Waals surface area contributed by atoms with Crippen molar-refractivity contribution in [3.8, 4) is 0 Å². The summed E-state index contributed by atoms with van der Waals surface area (Å²) >= 11 is 0. The Morgan fingerprint density at radius 1 is 1.35 bits per heavy atom. The maximum absolute atomic E-state index is 11.1. The van der Waals surface area contributed by atoms with Crippen LogP contribution in [0, 0.1) is 6.92 Å². The fourth-order valence-corrected chi connectivity index (χ4v) is 2.64. The molecule has 0 aromatic carbocycles. The molecular weight excluding hydrogens is 216 g/mol. The molecule has 4 heteroatoms. The Kier molecular flexibility index (Phi) is 3.24. The highest BCUT2D eigenvalue weighted by Gasteiger charge is 2.24. The molecule has 0 bridgehead atoms. The quantitative estimate of drug-likeness (QED) is 0.852. The summed E-state index contributed by atoms with van der Waals surface area (Å²) in [5.41, 5.74) is 2.47. The summed E-state index contributed by atoms with van der Waals surface area (Å²) in [6, 6.07) is 1.85. The van der Waals surface area contributed by atoms with Crippen LogP contribution in [-0.4, -0.2) is 40.7 Å². The molecule has 94 valence electrons. The summed E-state index contributed by atoms with van der Waals surface area (Å²) in [4.78, 5) is 13.4. The first-order valence-electron chi connectivity index (χ1n) is 6.08. The summed E-state index contributed by atoms with van der Waals surface area (Å²) in [6.45, 7) is 4.07. The number of aromatic nitrogens is 1. The second-order valence-corrected chi connectivity index (χ2v) is 5.01. The van der Waals surface area contributed by atoms with Gasteiger partial charge >= 0.3 is 5.97 Å². The zero-order chi connectivity index (χ0) is 12.6. The number of piperidine rings is 1. The van der Waals surface area contributed by atoms with E-state index in [1.807, 2.05) is 24.6 Å². The Labute approximate surface area is 102 Å². The van der Waals surface area contributed by atoms with Gasteiger partial charge in [-0.25, -0.2) is 4.79 Å². The highest BCUT2D eigenvalue weighted by Crippen LogP contribution is 2.30. The SMILES string of the molecule is Cc1c(C(=O)O)cc(C2CCN(C)CC2)n1C. The lowest BCUT2D eigenvalue weighted by molar-refractivity contribution is 0.0696. The molecule has 17 heavy (non-hydrogen) atoms. The van der Waals surface area contributed by atoms with Crippen molar-refractivity contribution >= 4 is 5.97 Å². The van der Waals surface area contributed by atoms with Crippen molar-refractivity contribution in [2.75, 3.05) is 20.1 Å². The number of carboxylic acid groups (broad SMARTS) is 1. The zero-order valence-electron chi connectivity index (χ0n) is 10.7. The van der Waals surface area contributed by atoms with Gasteiger partial charge in [0, 0.05) is 24.4 Å². The summed E-state index contributed by atoms with van der Waals surface area (Å²) in [6.07, 6.45) is 2.24. The lowest BCUT2D eigenvalue weighted by Gasteiger charge is -2.29. The van der Waals surface area contributed by atoms with E-state index < -0.39 is 5.97 Å². The molecule has 1 aliphatic heterocycles. The molecule has 0 spiro atoms. The molecule has 1 saturated heterocycles. The largest absolute Gasteiger partial charge is 0.478 e. The number of aromatic carboxylic acids is 1. The van der Waals surface area contributed by atoms with Crippen LogP contribution in [0.25, 0.3) is 0 Å². The van der Waals surface area contributed by atoms with E-state index in [2.05, 4.69) is 11.9 Å². The predicted octanol–water partition coefficient (Wildman–Crippen LogP) is 1.84. The third kappa shape index (κ3) is 2.22. The zero-order valence-corrected chi connectivity index (χ0v) is 10.7. The molecule has 1 aliphatic rings. The van der Waals surface area contributed by atoms with Crippen LogP contribution in [0.2, 0.25) is 0 Å². The van der Waals surface area contributed by atoms with Gasteiger partial charge in [-0.2, -0.15) is 0 Å². The average molecular weight is 236 g/mol. The van der Waals surface area contributed by atoms with Crippen LogP contribution in [0.5, 0.6) is 0 Å². The van der Waals surface area contributed by atoms with Gasteiger partial charge in [0.25, 0.3) is 0 Å². The molecule has 0 aliphatic carbocycles. The number of likely N-dealkylation sites (tertiary alicyclic amines) is 1. The molecule has 1 aromatic rings. The number of hydrogen-bond acceptors (Lipinski definition) is 2. The minimum absolute atomic E-state index is 0.446. The highest BCUT2D eigenvalue weighted by atomic mass is 16.4. The van der Waals surface area contributed by atoms with E-state index >= 15 is 0 Å². The third-order valence-corrected chi connectivity index (χ3v) is 3.94. The summed E-state index contributed by atoms with van der Waals surface area (Å²) < 4.78 is 2.04. The van der Waals surface area contributed by atoms with E-state index in [-0.39, 0.29) is 0 Å². The first-order chi connectivity index (χ1) is 8.00. The van der Waals surface area contributed by atoms with Crippen molar-refractivity contribution in [1.82, 2.24) is 9.47 Å². The van der Waals surface area contributed by atoms with Crippen molar-refractivity contribution in [2.24, 2.45) is 7.05 Å². The van der Waals surface area contributed by atoms with E-state index in [1.165, 1.54) is 5.69 Å². The molecule has 1 N–H and O–H groups in total. The normalized spacial score (nSPS) is 18.5. The second kappa shape index (κ2) is 4.53. The second-order valence-electron chi connectivity index (χ2n) is 5.01. The standard InChI is InChI=1S/C13H20N2O2/c1-9-11(13(16)17)8-12(15(9)3)10-4-6-14(2)7-5-10/h8,10H,4-7H2,1-3H3,(H,16,17). The Morgan fingerprint density at radius 3 is 2.41 bits per heavy atom. The number of carboxylic acids is 1. The molecule has 1 aromatic heterocycles. The van der Waals surface area contributed by atoms with E-state index in [9.17, 15) is 4.79 Å². The minimum Gasteiger partial charge on any atom is -0.478 e. The van der Waals surface area contributed by atoms with Gasteiger partial charge in [-0.3, -0.25) is 0 Å². The summed E-state index contributed by atoms with van der Waals surface area (Å²) in [5.74, 6) is -0.319. The molecular formula is C13H20N2O2. The monoisotopic (exact) mass is 236 g/mol. The van der Waals surface area contributed by atoms with Crippen molar-refractivity contribution in [3.63, 3.8) is 0 Å². The summed E-state index contributed by atoms with van der Waals surface area (Å²) in [7, 11) is 4.10. The molecule has 2 heterocycles. The van der Waals surface area contributed by atoms with E-state index in [1.54, 1.807) is 0 Å². The molecule has 4 nitrogen and oxygen atoms in total. The smallest absolute Gasteiger partial charge is 0.337 e. The fourth-order valence-electron chi connectivity index (χ4n) is 2.64. The number of carbonyl (C=O) groups is 1. The minimum atomic E-state index is -0.822. The average Bonchev–Trinajstić information content (AvgIpc) is 2.58. The molecule has 0 unspecified atom stereocenters. The maximum atomic E-state index is 11.1. The lowest BCUT2D eigenvalue weighted by Crippen LogP contribution is -2.29. The van der Waals surface area contributed by atoms with Crippen molar-refractivity contribution in [2.45, 2.75) is 25.7 Å². The van der Waals surface area contributed by atoms with Gasteiger partial charge in [0.05, 0.1) is 5.56 Å². The van der Waals surface area contributed by atoms with E-state index in [4.69, 9.17) is 5.11 Å². The molecule has 2 rings (SSSR count). The van der Waals surface area contributed by atoms with Crippen molar-refractivity contribution < 1.29 is 9.90 Å². The fraction of sp³-hybridized carbons (Fsp3) is 0.615. The topological polar surface area (TPSA) is 45.5 Å². The highest BCUT2D eigenvalue weighted by molar-refractivity contribution is 5.89. The Bertz CT molecular complexity index is 429. The number of nitrogens with zero attached hydrogens (tertiary/aromatic N) is 2. The van der Waals surface area contributed by atoms with Crippen molar-refractivity contribution in [3.05, 3.63) is 23.0 Å². The van der Waals surface area contributed by atoms with Crippen molar-refractivity contribution in [1.29, 1.82) is 0 Å². The predicted molar refractivity (Wildman–Crippen MR) is 66.6 cm³/mol. The van der Waals surface area contributed by atoms with Crippen LogP contribution in [0.1, 0.15) is 40.5 Å². The first-order valence-corrected chi connectivity index (χ1v) is 6.08. The van der Waals surface area contributed by atoms with Gasteiger partial charge in [0.1, 0.15) is 0 Å². The van der Waals surface area contributed by atoms with Gasteiger partial charge in [-0.15, -0.1) is 0 Å². The first kappa shape index (κ1) is 12.2. The summed E-state index contributed by atoms with van der Waals surface area (Å²) in [5, 5.41) is 9.12. The Hall–Kier alpha value is -1.29. The maximum Gasteiger partial charge on any atom is 0.337 e. The van der Waals surface area contributed by atoms with Crippen LogP contribution in [0.4, 0.5) is 0 Å². The van der Waals surface area contributed by atoms with Crippen LogP contribution >= 0.6 is 0 Å². The van der Waals surface area contributed by atoms with Gasteiger partial charge in [0.15, 0.2) is 0 Å². The van der Waals surface area contributed by atoms with Gasteiger partial charge < -0.3 is 14.6 Å². The van der Waals surface area contributed by atoms with Crippen LogP contribution < -0.4 is 0 Å². The Balaban J connectivity index is 2.27. The Morgan fingerprint density at radius 2 is 1.94 bits per heavy atom.